The van der Waals surface area contributed by atoms with E-state index in [0.29, 0.717) is 0 Å². The standard InChI is InChI=1S/C55H38S/c1-5-6-13-33(2)35-20-21-37-31-38(23-22-36(37)30-35)50-41-15-7-9-17-43(41)51(44-18-10-8-16-42(44)50)39-25-28-46-48(32-39)55(3,4)47-29-26-34-24-27-45-40-14-11-12-19-49(40)56-54(45)52(34)53(46)47/h5-32H,1-2H2,3-4H3/b13-6-. The molecule has 0 amide bonds. The van der Waals surface area contributed by atoms with Gasteiger partial charge in [-0.1, -0.05) is 173 Å². The highest BCUT2D eigenvalue weighted by Crippen LogP contribution is 2.55. The van der Waals surface area contributed by atoms with E-state index in [0.717, 1.165) is 11.1 Å². The average molecular weight is 731 g/mol. The van der Waals surface area contributed by atoms with E-state index in [-0.39, 0.29) is 5.41 Å². The number of thiophene rings is 1. The van der Waals surface area contributed by atoms with E-state index in [2.05, 4.69) is 179 Å². The van der Waals surface area contributed by atoms with Gasteiger partial charge in [-0.05, 0) is 118 Å². The van der Waals surface area contributed by atoms with Gasteiger partial charge in [-0.15, -0.1) is 11.3 Å². The van der Waals surface area contributed by atoms with Gasteiger partial charge in [-0.25, -0.2) is 0 Å². The molecule has 0 N–H and O–H groups in total. The lowest BCUT2D eigenvalue weighted by Gasteiger charge is -2.23. The summed E-state index contributed by atoms with van der Waals surface area (Å²) in [4.78, 5) is 0. The lowest BCUT2D eigenvalue weighted by Crippen LogP contribution is -2.15. The number of hydrogen-bond donors (Lipinski definition) is 0. The third-order valence-electron chi connectivity index (χ3n) is 12.3. The first-order chi connectivity index (χ1) is 27.4. The summed E-state index contributed by atoms with van der Waals surface area (Å²) in [5, 5.41) is 12.9. The minimum atomic E-state index is -0.154. The molecule has 10 aromatic rings. The molecule has 1 aliphatic carbocycles. The maximum atomic E-state index is 4.27. The largest absolute Gasteiger partial charge is 0.135 e. The van der Waals surface area contributed by atoms with E-state index < -0.39 is 0 Å². The van der Waals surface area contributed by atoms with E-state index in [1.807, 2.05) is 23.5 Å². The Kier molecular flexibility index (Phi) is 7.18. The molecule has 0 bridgehead atoms. The lowest BCUT2D eigenvalue weighted by molar-refractivity contribution is 0.661. The Bertz CT molecular complexity index is 3310. The highest BCUT2D eigenvalue weighted by molar-refractivity contribution is 7.26. The molecule has 0 fully saturated rings. The van der Waals surface area contributed by atoms with Crippen LogP contribution < -0.4 is 0 Å². The van der Waals surface area contributed by atoms with Crippen LogP contribution in [0.1, 0.15) is 30.5 Å². The fraction of sp³-hybridized carbons (Fsp3) is 0.0545. The van der Waals surface area contributed by atoms with E-state index in [1.54, 1.807) is 6.08 Å². The summed E-state index contributed by atoms with van der Waals surface area (Å²) in [7, 11) is 0. The van der Waals surface area contributed by atoms with Gasteiger partial charge in [0.15, 0.2) is 0 Å². The van der Waals surface area contributed by atoms with Crippen molar-refractivity contribution in [3.8, 4) is 33.4 Å². The summed E-state index contributed by atoms with van der Waals surface area (Å²) in [5.41, 5.74) is 12.5. The number of hydrogen-bond acceptors (Lipinski definition) is 1. The Morgan fingerprint density at radius 2 is 1.12 bits per heavy atom. The summed E-state index contributed by atoms with van der Waals surface area (Å²) < 4.78 is 2.74. The second-order valence-corrected chi connectivity index (χ2v) is 16.8. The van der Waals surface area contributed by atoms with Crippen molar-refractivity contribution in [2.75, 3.05) is 0 Å². The molecule has 0 nitrogen and oxygen atoms in total. The molecule has 0 unspecified atom stereocenters. The monoisotopic (exact) mass is 730 g/mol. The van der Waals surface area contributed by atoms with Gasteiger partial charge in [0.2, 0.25) is 0 Å². The van der Waals surface area contributed by atoms with E-state index in [4.69, 9.17) is 0 Å². The lowest BCUT2D eigenvalue weighted by atomic mass is 9.80. The van der Waals surface area contributed by atoms with Crippen LogP contribution in [0.25, 0.3) is 102 Å². The highest BCUT2D eigenvalue weighted by atomic mass is 32.1. The van der Waals surface area contributed by atoms with Crippen molar-refractivity contribution in [1.29, 1.82) is 0 Å². The SMILES string of the molecule is C=C/C=C\C(=C)c1ccc2cc(-c3c4ccccc4c(-c4ccc5c(c4)C(C)(C)c4ccc6ccc7c8ccccc8sc7c6c4-5)c4ccccc34)ccc2c1. The summed E-state index contributed by atoms with van der Waals surface area (Å²) >= 11 is 1.93. The molecule has 1 heterocycles. The van der Waals surface area contributed by atoms with Gasteiger partial charge in [0.1, 0.15) is 0 Å². The molecule has 11 rings (SSSR count). The van der Waals surface area contributed by atoms with Crippen LogP contribution in [0.15, 0.2) is 183 Å². The summed E-state index contributed by atoms with van der Waals surface area (Å²) in [6, 6.07) is 57.0. The van der Waals surface area contributed by atoms with E-state index in [9.17, 15) is 0 Å². The fourth-order valence-corrected chi connectivity index (χ4v) is 10.9. The molecule has 9 aromatic carbocycles. The molecule has 1 aromatic heterocycles. The Labute approximate surface area is 331 Å². The molecular formula is C55H38S. The molecule has 0 radical (unpaired) electrons. The highest BCUT2D eigenvalue weighted by Gasteiger charge is 2.37. The predicted molar refractivity (Wildman–Crippen MR) is 246 cm³/mol. The number of rotatable bonds is 5. The molecule has 0 saturated carbocycles. The van der Waals surface area contributed by atoms with Gasteiger partial charge in [0.05, 0.1) is 0 Å². The van der Waals surface area contributed by atoms with Crippen molar-refractivity contribution in [2.45, 2.75) is 19.3 Å². The first-order valence-electron chi connectivity index (χ1n) is 19.4. The van der Waals surface area contributed by atoms with Crippen LogP contribution in [0.5, 0.6) is 0 Å². The minimum absolute atomic E-state index is 0.154. The van der Waals surface area contributed by atoms with Gasteiger partial charge in [0.25, 0.3) is 0 Å². The zero-order valence-electron chi connectivity index (χ0n) is 31.5. The Morgan fingerprint density at radius 1 is 0.536 bits per heavy atom. The van der Waals surface area contributed by atoms with Gasteiger partial charge in [-0.2, -0.15) is 0 Å². The molecular weight excluding hydrogens is 693 g/mol. The Balaban J connectivity index is 1.11. The van der Waals surface area contributed by atoms with Crippen molar-refractivity contribution < 1.29 is 0 Å². The Hall–Kier alpha value is -6.54. The molecule has 0 saturated heterocycles. The quantitative estimate of drug-likeness (QED) is 0.122. The van der Waals surface area contributed by atoms with E-state index in [1.165, 1.54) is 108 Å². The summed E-state index contributed by atoms with van der Waals surface area (Å²) in [5.74, 6) is 0. The molecule has 264 valence electrons. The maximum Gasteiger partial charge on any atom is 0.0440 e. The molecule has 0 atom stereocenters. The second-order valence-electron chi connectivity index (χ2n) is 15.8. The molecule has 0 spiro atoms. The summed E-state index contributed by atoms with van der Waals surface area (Å²) in [6.07, 6.45) is 5.73. The molecule has 0 aliphatic heterocycles. The van der Waals surface area contributed by atoms with Crippen LogP contribution in [0.4, 0.5) is 0 Å². The van der Waals surface area contributed by atoms with Crippen LogP contribution in [-0.4, -0.2) is 0 Å². The van der Waals surface area contributed by atoms with Crippen molar-refractivity contribution in [3.05, 3.63) is 200 Å². The van der Waals surface area contributed by atoms with Gasteiger partial charge < -0.3 is 0 Å². The molecule has 1 heteroatoms. The zero-order chi connectivity index (χ0) is 37.7. The third-order valence-corrected chi connectivity index (χ3v) is 13.5. The van der Waals surface area contributed by atoms with Gasteiger partial charge in [0, 0.05) is 31.0 Å². The normalized spacial score (nSPS) is 13.4. The van der Waals surface area contributed by atoms with Crippen LogP contribution in [0.3, 0.4) is 0 Å². The topological polar surface area (TPSA) is 0 Å². The first-order valence-corrected chi connectivity index (χ1v) is 20.2. The summed E-state index contributed by atoms with van der Waals surface area (Å²) in [6.45, 7) is 12.9. The second kappa shape index (κ2) is 12.2. The molecule has 1 aliphatic rings. The van der Waals surface area contributed by atoms with E-state index >= 15 is 0 Å². The van der Waals surface area contributed by atoms with Crippen molar-refractivity contribution in [2.24, 2.45) is 0 Å². The van der Waals surface area contributed by atoms with Gasteiger partial charge >= 0.3 is 0 Å². The van der Waals surface area contributed by atoms with Crippen molar-refractivity contribution in [1.82, 2.24) is 0 Å². The van der Waals surface area contributed by atoms with Crippen LogP contribution in [-0.2, 0) is 5.41 Å². The van der Waals surface area contributed by atoms with Crippen LogP contribution in [0.2, 0.25) is 0 Å². The maximum absolute atomic E-state index is 4.27. The smallest absolute Gasteiger partial charge is 0.0440 e. The third kappa shape index (κ3) is 4.71. The minimum Gasteiger partial charge on any atom is -0.135 e. The predicted octanol–water partition coefficient (Wildman–Crippen LogP) is 16.1. The van der Waals surface area contributed by atoms with Crippen LogP contribution in [0, 0.1) is 0 Å². The molecule has 56 heavy (non-hydrogen) atoms. The van der Waals surface area contributed by atoms with Crippen molar-refractivity contribution >= 4 is 80.2 Å². The average Bonchev–Trinajstić information content (AvgIpc) is 3.73. The van der Waals surface area contributed by atoms with Crippen LogP contribution >= 0.6 is 11.3 Å². The van der Waals surface area contributed by atoms with Crippen molar-refractivity contribution in [3.63, 3.8) is 0 Å². The number of allylic oxidation sites excluding steroid dienone is 4. The Morgan fingerprint density at radius 3 is 1.84 bits per heavy atom. The zero-order valence-corrected chi connectivity index (χ0v) is 32.3. The van der Waals surface area contributed by atoms with Gasteiger partial charge in [-0.3, -0.25) is 0 Å². The fourth-order valence-electron chi connectivity index (χ4n) is 9.60. The first kappa shape index (κ1) is 32.9. The number of benzene rings is 9. The number of fused-ring (bicyclic) bond motifs is 12.